The van der Waals surface area contributed by atoms with Crippen LogP contribution >= 0.6 is 0 Å². The van der Waals surface area contributed by atoms with Gasteiger partial charge in [-0.2, -0.15) is 4.31 Å². The van der Waals surface area contributed by atoms with Crippen LogP contribution in [-0.2, 0) is 16.6 Å². The van der Waals surface area contributed by atoms with Gasteiger partial charge in [-0.05, 0) is 37.7 Å². The Morgan fingerprint density at radius 1 is 1.18 bits per heavy atom. The predicted molar refractivity (Wildman–Crippen MR) is 135 cm³/mol. The third-order valence-electron chi connectivity index (χ3n) is 5.96. The topological polar surface area (TPSA) is 70.1 Å². The van der Waals surface area contributed by atoms with E-state index in [2.05, 4.69) is 28.9 Å². The Balaban J connectivity index is 1.99. The molecular weight excluding hydrogens is 448 g/mol. The average molecular weight is 485 g/mol. The second kappa shape index (κ2) is 11.4. The smallest absolute Gasteiger partial charge is 0.247 e. The number of aliphatic hydroxyl groups excluding tert-OH is 1. The Hall–Kier alpha value is -2.37. The summed E-state index contributed by atoms with van der Waals surface area (Å²) in [6.45, 7) is 9.15. The average Bonchev–Trinajstić information content (AvgIpc) is 2.80. The van der Waals surface area contributed by atoms with Crippen LogP contribution in [0, 0.1) is 23.7 Å². The van der Waals surface area contributed by atoms with E-state index in [-0.39, 0.29) is 36.0 Å². The molecule has 1 N–H and O–H groups in total. The molecule has 0 unspecified atom stereocenters. The molecule has 0 aliphatic carbocycles. The first-order chi connectivity index (χ1) is 16.1. The van der Waals surface area contributed by atoms with E-state index in [0.717, 1.165) is 6.54 Å². The van der Waals surface area contributed by atoms with E-state index < -0.39 is 16.1 Å². The SMILES string of the molecule is CC(C)C#Cc1ccc2c(c1)O[C@H](CN(C)Cc1ccccc1)[C@H](C)CN([C@@H](C)CO)S2(=O)=O. The molecule has 1 aliphatic rings. The molecule has 34 heavy (non-hydrogen) atoms. The van der Waals surface area contributed by atoms with Crippen molar-refractivity contribution in [3.8, 4) is 17.6 Å². The molecule has 0 saturated heterocycles. The maximum Gasteiger partial charge on any atom is 0.247 e. The number of rotatable bonds is 6. The quantitative estimate of drug-likeness (QED) is 0.635. The zero-order valence-electron chi connectivity index (χ0n) is 20.7. The molecule has 3 rings (SSSR count). The summed E-state index contributed by atoms with van der Waals surface area (Å²) in [4.78, 5) is 2.31. The molecule has 0 amide bonds. The van der Waals surface area contributed by atoms with Crippen molar-refractivity contribution >= 4 is 10.0 Å². The maximum atomic E-state index is 13.6. The molecule has 0 fully saturated rings. The lowest BCUT2D eigenvalue weighted by Crippen LogP contribution is -2.49. The first-order valence-corrected chi connectivity index (χ1v) is 13.2. The number of aliphatic hydroxyl groups is 1. The van der Waals surface area contributed by atoms with E-state index in [1.54, 1.807) is 25.1 Å². The molecule has 0 saturated carbocycles. The zero-order valence-corrected chi connectivity index (χ0v) is 21.5. The number of likely N-dealkylation sites (N-methyl/N-ethyl adjacent to an activating group) is 1. The minimum Gasteiger partial charge on any atom is -0.487 e. The van der Waals surface area contributed by atoms with Crippen LogP contribution in [0.2, 0.25) is 0 Å². The molecule has 0 radical (unpaired) electrons. The summed E-state index contributed by atoms with van der Waals surface area (Å²) in [6.07, 6.45) is -0.246. The third-order valence-corrected chi connectivity index (χ3v) is 7.98. The number of sulfonamides is 1. The fourth-order valence-corrected chi connectivity index (χ4v) is 5.84. The summed E-state index contributed by atoms with van der Waals surface area (Å²) in [7, 11) is -1.81. The van der Waals surface area contributed by atoms with Crippen LogP contribution in [-0.4, -0.2) is 61.6 Å². The van der Waals surface area contributed by atoms with E-state index in [1.807, 2.05) is 46.0 Å². The predicted octanol–water partition coefficient (Wildman–Crippen LogP) is 3.59. The Morgan fingerprint density at radius 3 is 2.53 bits per heavy atom. The number of fused-ring (bicyclic) bond motifs is 1. The number of hydrogen-bond donors (Lipinski definition) is 1. The molecule has 1 aliphatic heterocycles. The lowest BCUT2D eigenvalue weighted by atomic mass is 10.0. The highest BCUT2D eigenvalue weighted by Gasteiger charge is 2.38. The maximum absolute atomic E-state index is 13.6. The lowest BCUT2D eigenvalue weighted by Gasteiger charge is -2.37. The molecule has 0 bridgehead atoms. The molecule has 6 nitrogen and oxygen atoms in total. The zero-order chi connectivity index (χ0) is 24.9. The third kappa shape index (κ3) is 6.39. The van der Waals surface area contributed by atoms with Gasteiger partial charge in [0.2, 0.25) is 10.0 Å². The van der Waals surface area contributed by atoms with Crippen molar-refractivity contribution in [3.63, 3.8) is 0 Å². The molecular formula is C27H36N2O4S. The van der Waals surface area contributed by atoms with E-state index in [9.17, 15) is 13.5 Å². The van der Waals surface area contributed by atoms with Gasteiger partial charge in [-0.25, -0.2) is 8.42 Å². The Labute approximate surface area is 204 Å². The Morgan fingerprint density at radius 2 is 1.88 bits per heavy atom. The normalized spacial score (nSPS) is 21.1. The summed E-state index contributed by atoms with van der Waals surface area (Å²) in [6, 6.07) is 14.7. The lowest BCUT2D eigenvalue weighted by molar-refractivity contribution is 0.0733. The van der Waals surface area contributed by atoms with Gasteiger partial charge in [0.1, 0.15) is 16.7 Å². The van der Waals surface area contributed by atoms with Crippen molar-refractivity contribution in [2.45, 2.75) is 51.3 Å². The van der Waals surface area contributed by atoms with E-state index in [1.165, 1.54) is 9.87 Å². The van der Waals surface area contributed by atoms with Crippen LogP contribution in [0.3, 0.4) is 0 Å². The highest BCUT2D eigenvalue weighted by Crippen LogP contribution is 2.34. The van der Waals surface area contributed by atoms with Crippen LogP contribution in [0.15, 0.2) is 53.4 Å². The van der Waals surface area contributed by atoms with Crippen molar-refractivity contribution in [2.75, 3.05) is 26.7 Å². The van der Waals surface area contributed by atoms with Gasteiger partial charge in [-0.1, -0.05) is 62.9 Å². The van der Waals surface area contributed by atoms with Gasteiger partial charge in [0, 0.05) is 43.1 Å². The molecule has 2 aromatic carbocycles. The summed E-state index contributed by atoms with van der Waals surface area (Å²) in [5.74, 6) is 6.66. The molecule has 1 heterocycles. The van der Waals surface area contributed by atoms with Crippen LogP contribution in [0.25, 0.3) is 0 Å². The van der Waals surface area contributed by atoms with Crippen molar-refractivity contribution in [1.29, 1.82) is 0 Å². The van der Waals surface area contributed by atoms with E-state index >= 15 is 0 Å². The largest absolute Gasteiger partial charge is 0.487 e. The van der Waals surface area contributed by atoms with Gasteiger partial charge >= 0.3 is 0 Å². The molecule has 0 spiro atoms. The van der Waals surface area contributed by atoms with Crippen molar-refractivity contribution in [2.24, 2.45) is 11.8 Å². The number of ether oxygens (including phenoxy) is 1. The fourth-order valence-electron chi connectivity index (χ4n) is 4.02. The van der Waals surface area contributed by atoms with Crippen molar-refractivity contribution in [3.05, 3.63) is 59.7 Å². The minimum absolute atomic E-state index is 0.0967. The Kier molecular flexibility index (Phi) is 8.78. The van der Waals surface area contributed by atoms with Gasteiger partial charge in [0.25, 0.3) is 0 Å². The summed E-state index contributed by atoms with van der Waals surface area (Å²) in [5, 5.41) is 9.79. The minimum atomic E-state index is -3.85. The number of benzene rings is 2. The monoisotopic (exact) mass is 484 g/mol. The van der Waals surface area contributed by atoms with E-state index in [4.69, 9.17) is 4.74 Å². The summed E-state index contributed by atoms with van der Waals surface area (Å²) < 4.78 is 34.9. The molecule has 184 valence electrons. The van der Waals surface area contributed by atoms with Crippen LogP contribution in [0.1, 0.15) is 38.8 Å². The highest BCUT2D eigenvalue weighted by atomic mass is 32.2. The van der Waals surface area contributed by atoms with Gasteiger partial charge < -0.3 is 9.84 Å². The van der Waals surface area contributed by atoms with Gasteiger partial charge in [0.15, 0.2) is 0 Å². The molecule has 7 heteroatoms. The van der Waals surface area contributed by atoms with Crippen molar-refractivity contribution < 1.29 is 18.3 Å². The second-order valence-corrected chi connectivity index (χ2v) is 11.4. The number of hydrogen-bond acceptors (Lipinski definition) is 5. The molecule has 3 atom stereocenters. The van der Waals surface area contributed by atoms with Crippen LogP contribution < -0.4 is 4.74 Å². The highest BCUT2D eigenvalue weighted by molar-refractivity contribution is 7.89. The van der Waals surface area contributed by atoms with E-state index in [0.29, 0.717) is 17.9 Å². The van der Waals surface area contributed by atoms with Gasteiger partial charge in [-0.3, -0.25) is 4.90 Å². The fraction of sp³-hybridized carbons (Fsp3) is 0.481. The first kappa shape index (κ1) is 26.2. The Bertz CT molecular complexity index is 1120. The second-order valence-electron chi connectivity index (χ2n) is 9.51. The van der Waals surface area contributed by atoms with Crippen LogP contribution in [0.5, 0.6) is 5.75 Å². The van der Waals surface area contributed by atoms with Gasteiger partial charge in [-0.15, -0.1) is 0 Å². The molecule has 2 aromatic rings. The summed E-state index contributed by atoms with van der Waals surface area (Å²) in [5.41, 5.74) is 1.92. The van der Waals surface area contributed by atoms with Gasteiger partial charge in [0.05, 0.1) is 6.61 Å². The van der Waals surface area contributed by atoms with Crippen LogP contribution in [0.4, 0.5) is 0 Å². The first-order valence-electron chi connectivity index (χ1n) is 11.8. The number of nitrogens with zero attached hydrogens (tertiary/aromatic N) is 2. The molecule has 0 aromatic heterocycles. The summed E-state index contributed by atoms with van der Waals surface area (Å²) >= 11 is 0. The van der Waals surface area contributed by atoms with Crippen molar-refractivity contribution in [1.82, 2.24) is 9.21 Å². The standard InChI is InChI=1S/C27H36N2O4S/c1-20(2)11-12-23-13-14-27-25(15-23)33-26(18-28(5)17-24-9-7-6-8-10-24)21(3)16-29(22(4)19-30)34(27,31)32/h6-10,13-15,20-22,26,30H,16-19H2,1-5H3/t21-,22+,26-/m1/s1.